The average molecular weight is 472 g/mol. The van der Waals surface area contributed by atoms with Gasteiger partial charge in [-0.05, 0) is 47.4 Å². The minimum Gasteiger partial charge on any atom is -0.476 e. The number of anilines is 2. The van der Waals surface area contributed by atoms with Gasteiger partial charge >= 0.3 is 6.36 Å². The van der Waals surface area contributed by atoms with Gasteiger partial charge < -0.3 is 14.8 Å². The molecule has 1 N–H and O–H groups in total. The second-order valence-corrected chi connectivity index (χ2v) is 10.3. The van der Waals surface area contributed by atoms with E-state index in [1.807, 2.05) is 20.8 Å². The van der Waals surface area contributed by atoms with E-state index in [1.165, 1.54) is 12.1 Å². The molecule has 0 saturated heterocycles. The number of carbonyl (C=O) groups excluding carboxylic acids is 1. The molecule has 7 nitrogen and oxygen atoms in total. The van der Waals surface area contributed by atoms with Crippen LogP contribution in [0.1, 0.15) is 26.3 Å². The largest absolute Gasteiger partial charge is 0.573 e. The maximum atomic E-state index is 12.7. The summed E-state index contributed by atoms with van der Waals surface area (Å²) < 4.78 is 72.3. The SMILES string of the molecule is CC(C)(C)c1ccc2c(c1)N(S(C)(=O)=O)CC(C(=O)Nc1ccc(OC(F)(F)F)cc1)O2. The van der Waals surface area contributed by atoms with E-state index in [9.17, 15) is 26.4 Å². The highest BCUT2D eigenvalue weighted by molar-refractivity contribution is 7.92. The second kappa shape index (κ2) is 8.19. The van der Waals surface area contributed by atoms with Gasteiger partial charge in [0, 0.05) is 5.69 Å². The number of rotatable bonds is 4. The monoisotopic (exact) mass is 472 g/mol. The number of benzene rings is 2. The summed E-state index contributed by atoms with van der Waals surface area (Å²) in [6.45, 7) is 5.72. The van der Waals surface area contributed by atoms with E-state index in [2.05, 4.69) is 10.1 Å². The predicted octanol–water partition coefficient (Wildman–Crippen LogP) is 4.05. The van der Waals surface area contributed by atoms with Gasteiger partial charge in [-0.1, -0.05) is 26.8 Å². The van der Waals surface area contributed by atoms with Crippen LogP contribution in [0.2, 0.25) is 0 Å². The number of nitrogens with zero attached hydrogens (tertiary/aromatic N) is 1. The lowest BCUT2D eigenvalue weighted by Gasteiger charge is -2.35. The molecule has 1 heterocycles. The van der Waals surface area contributed by atoms with Gasteiger partial charge in [-0.25, -0.2) is 8.42 Å². The fourth-order valence-electron chi connectivity index (χ4n) is 3.13. The topological polar surface area (TPSA) is 84.9 Å². The van der Waals surface area contributed by atoms with Crippen LogP contribution in [0.4, 0.5) is 24.5 Å². The van der Waals surface area contributed by atoms with Crippen molar-refractivity contribution < 1.29 is 35.9 Å². The van der Waals surface area contributed by atoms with Crippen LogP contribution >= 0.6 is 0 Å². The molecule has 2 aromatic rings. The Morgan fingerprint density at radius 3 is 2.28 bits per heavy atom. The normalized spacial score (nSPS) is 16.7. The highest BCUT2D eigenvalue weighted by Crippen LogP contribution is 2.38. The number of nitrogens with one attached hydrogen (secondary N) is 1. The van der Waals surface area contributed by atoms with Gasteiger partial charge in [0.2, 0.25) is 10.0 Å². The number of halogens is 3. The standard InChI is InChI=1S/C21H23F3N2O5S/c1-20(2,3)13-5-10-17-16(11-13)26(32(4,28)29)12-18(30-17)19(27)25-14-6-8-15(9-7-14)31-21(22,23)24/h5-11,18H,12H2,1-4H3,(H,25,27). The molecule has 0 aromatic heterocycles. The number of sulfonamides is 1. The number of alkyl halides is 3. The van der Waals surface area contributed by atoms with Crippen molar-refractivity contribution in [2.75, 3.05) is 22.4 Å². The molecule has 3 rings (SSSR count). The van der Waals surface area contributed by atoms with E-state index in [-0.39, 0.29) is 23.4 Å². The molecule has 11 heteroatoms. The predicted molar refractivity (Wildman–Crippen MR) is 114 cm³/mol. The fraction of sp³-hybridized carbons (Fsp3) is 0.381. The average Bonchev–Trinajstić information content (AvgIpc) is 2.65. The Kier molecular flexibility index (Phi) is 6.07. The number of hydrogen-bond donors (Lipinski definition) is 1. The smallest absolute Gasteiger partial charge is 0.476 e. The van der Waals surface area contributed by atoms with Gasteiger partial charge in [0.05, 0.1) is 18.5 Å². The van der Waals surface area contributed by atoms with Gasteiger partial charge in [-0.15, -0.1) is 13.2 Å². The van der Waals surface area contributed by atoms with Crippen molar-refractivity contribution in [3.63, 3.8) is 0 Å². The Hall–Kier alpha value is -2.95. The van der Waals surface area contributed by atoms with Crippen molar-refractivity contribution in [1.82, 2.24) is 0 Å². The van der Waals surface area contributed by atoms with E-state index >= 15 is 0 Å². The van der Waals surface area contributed by atoms with Gasteiger partial charge in [-0.3, -0.25) is 9.10 Å². The van der Waals surface area contributed by atoms with Crippen molar-refractivity contribution in [2.45, 2.75) is 38.7 Å². The van der Waals surface area contributed by atoms with Gasteiger partial charge in [-0.2, -0.15) is 0 Å². The zero-order chi connectivity index (χ0) is 23.9. The van der Waals surface area contributed by atoms with Crippen molar-refractivity contribution in [2.24, 2.45) is 0 Å². The summed E-state index contributed by atoms with van der Waals surface area (Å²) in [6, 6.07) is 9.73. The molecule has 1 atom stereocenters. The van der Waals surface area contributed by atoms with E-state index in [0.29, 0.717) is 5.69 Å². The lowest BCUT2D eigenvalue weighted by atomic mass is 9.86. The van der Waals surface area contributed by atoms with E-state index in [0.717, 1.165) is 28.3 Å². The molecule has 1 unspecified atom stereocenters. The van der Waals surface area contributed by atoms with E-state index in [4.69, 9.17) is 4.74 Å². The van der Waals surface area contributed by atoms with Gasteiger partial charge in [0.25, 0.3) is 5.91 Å². The lowest BCUT2D eigenvalue weighted by Crippen LogP contribution is -2.48. The molecule has 0 bridgehead atoms. The number of carbonyl (C=O) groups is 1. The molecular weight excluding hydrogens is 449 g/mol. The summed E-state index contributed by atoms with van der Waals surface area (Å²) >= 11 is 0. The highest BCUT2D eigenvalue weighted by atomic mass is 32.2. The Labute approximate surface area is 184 Å². The molecule has 0 saturated carbocycles. The van der Waals surface area contributed by atoms with Gasteiger partial charge in [0.15, 0.2) is 6.10 Å². The third kappa shape index (κ3) is 5.64. The minimum absolute atomic E-state index is 0.202. The molecule has 32 heavy (non-hydrogen) atoms. The highest BCUT2D eigenvalue weighted by Gasteiger charge is 2.36. The zero-order valence-electron chi connectivity index (χ0n) is 17.9. The first-order valence-corrected chi connectivity index (χ1v) is 11.4. The molecule has 174 valence electrons. The maximum Gasteiger partial charge on any atom is 0.573 e. The molecule has 0 radical (unpaired) electrons. The number of ether oxygens (including phenoxy) is 2. The third-order valence-corrected chi connectivity index (χ3v) is 5.89. The Morgan fingerprint density at radius 1 is 1.12 bits per heavy atom. The number of fused-ring (bicyclic) bond motifs is 1. The summed E-state index contributed by atoms with van der Waals surface area (Å²) in [5.41, 5.74) is 1.22. The van der Waals surface area contributed by atoms with Crippen molar-refractivity contribution in [3.8, 4) is 11.5 Å². The van der Waals surface area contributed by atoms with Crippen LogP contribution in [-0.4, -0.2) is 39.6 Å². The van der Waals surface area contributed by atoms with Crippen LogP contribution in [0, 0.1) is 0 Å². The quantitative estimate of drug-likeness (QED) is 0.726. The van der Waals surface area contributed by atoms with Gasteiger partial charge in [0.1, 0.15) is 11.5 Å². The van der Waals surface area contributed by atoms with Crippen LogP contribution in [0.5, 0.6) is 11.5 Å². The van der Waals surface area contributed by atoms with Crippen LogP contribution < -0.4 is 19.1 Å². The fourth-order valence-corrected chi connectivity index (χ4v) is 4.04. The Bertz CT molecular complexity index is 1110. The molecule has 1 aliphatic heterocycles. The molecule has 0 fully saturated rings. The first-order chi connectivity index (χ1) is 14.6. The number of hydrogen-bond acceptors (Lipinski definition) is 5. The minimum atomic E-state index is -4.82. The Balaban J connectivity index is 1.82. The molecule has 0 spiro atoms. The summed E-state index contributed by atoms with van der Waals surface area (Å²) in [4.78, 5) is 12.7. The maximum absolute atomic E-state index is 12.7. The molecule has 2 aromatic carbocycles. The van der Waals surface area contributed by atoms with Crippen LogP contribution in [-0.2, 0) is 20.2 Å². The molecule has 0 aliphatic carbocycles. The summed E-state index contributed by atoms with van der Waals surface area (Å²) in [5, 5.41) is 2.52. The Morgan fingerprint density at radius 2 is 1.75 bits per heavy atom. The van der Waals surface area contributed by atoms with Crippen LogP contribution in [0.25, 0.3) is 0 Å². The third-order valence-electron chi connectivity index (χ3n) is 4.74. The summed E-state index contributed by atoms with van der Waals surface area (Å²) in [5.74, 6) is -0.839. The number of amides is 1. The van der Waals surface area contributed by atoms with Crippen molar-refractivity contribution >= 4 is 27.3 Å². The van der Waals surface area contributed by atoms with E-state index in [1.54, 1.807) is 18.2 Å². The molecular formula is C21H23F3N2O5S. The van der Waals surface area contributed by atoms with E-state index < -0.39 is 34.1 Å². The van der Waals surface area contributed by atoms with Crippen molar-refractivity contribution in [3.05, 3.63) is 48.0 Å². The van der Waals surface area contributed by atoms with Crippen LogP contribution in [0.3, 0.4) is 0 Å². The van der Waals surface area contributed by atoms with Crippen molar-refractivity contribution in [1.29, 1.82) is 0 Å². The summed E-state index contributed by atoms with van der Waals surface area (Å²) in [7, 11) is -3.71. The first-order valence-electron chi connectivity index (χ1n) is 9.59. The second-order valence-electron chi connectivity index (χ2n) is 8.39. The zero-order valence-corrected chi connectivity index (χ0v) is 18.7. The first kappa shape index (κ1) is 23.7. The summed E-state index contributed by atoms with van der Waals surface area (Å²) in [6.07, 6.45) is -4.94. The van der Waals surface area contributed by atoms with Crippen LogP contribution in [0.15, 0.2) is 42.5 Å². The molecule has 1 aliphatic rings. The lowest BCUT2D eigenvalue weighted by molar-refractivity contribution is -0.274. The molecule has 1 amide bonds.